The Morgan fingerprint density at radius 2 is 2.25 bits per heavy atom. The summed E-state index contributed by atoms with van der Waals surface area (Å²) >= 11 is 3.51. The van der Waals surface area contributed by atoms with Gasteiger partial charge in [0.2, 0.25) is 0 Å². The molecular formula is C12H21BrN2O. The fourth-order valence-corrected chi connectivity index (χ4v) is 1.85. The Balaban J connectivity index is 2.43. The summed E-state index contributed by atoms with van der Waals surface area (Å²) in [5, 5.41) is 4.49. The van der Waals surface area contributed by atoms with E-state index in [0.29, 0.717) is 12.5 Å². The molecule has 0 unspecified atom stereocenters. The minimum Gasteiger partial charge on any atom is -0.375 e. The second-order valence-corrected chi connectivity index (χ2v) is 5.30. The molecule has 0 bridgehead atoms. The quantitative estimate of drug-likeness (QED) is 0.717. The number of hydrogen-bond donors (Lipinski definition) is 0. The first kappa shape index (κ1) is 13.7. The Bertz CT molecular complexity index is 310. The molecular weight excluding hydrogens is 268 g/mol. The van der Waals surface area contributed by atoms with Gasteiger partial charge >= 0.3 is 0 Å². The highest BCUT2D eigenvalue weighted by atomic mass is 79.9. The van der Waals surface area contributed by atoms with Crippen molar-refractivity contribution in [3.8, 4) is 0 Å². The Labute approximate surface area is 106 Å². The van der Waals surface area contributed by atoms with Crippen LogP contribution in [0, 0.1) is 5.92 Å². The van der Waals surface area contributed by atoms with Crippen molar-refractivity contribution in [3.05, 3.63) is 16.4 Å². The maximum Gasteiger partial charge on any atom is 0.102 e. The Hall–Kier alpha value is -0.350. The fraction of sp³-hybridized carbons (Fsp3) is 0.750. The minimum atomic E-state index is 0.603. The van der Waals surface area contributed by atoms with E-state index in [4.69, 9.17) is 4.74 Å². The molecule has 0 saturated heterocycles. The number of aromatic nitrogens is 2. The number of rotatable bonds is 7. The normalized spacial score (nSPS) is 11.3. The van der Waals surface area contributed by atoms with Gasteiger partial charge < -0.3 is 4.74 Å². The van der Waals surface area contributed by atoms with E-state index >= 15 is 0 Å². The van der Waals surface area contributed by atoms with Crippen LogP contribution in [0.5, 0.6) is 0 Å². The average molecular weight is 289 g/mol. The smallest absolute Gasteiger partial charge is 0.102 e. The highest BCUT2D eigenvalue weighted by molar-refractivity contribution is 9.10. The van der Waals surface area contributed by atoms with Crippen LogP contribution in [0.4, 0.5) is 0 Å². The molecule has 0 aliphatic heterocycles. The summed E-state index contributed by atoms with van der Waals surface area (Å²) in [5.41, 5.74) is 0.997. The van der Waals surface area contributed by atoms with E-state index in [-0.39, 0.29) is 0 Å². The molecule has 1 rings (SSSR count). The molecule has 4 heteroatoms. The van der Waals surface area contributed by atoms with Gasteiger partial charge in [0.05, 0.1) is 11.1 Å². The molecule has 0 aromatic carbocycles. The van der Waals surface area contributed by atoms with Gasteiger partial charge in [0.25, 0.3) is 0 Å². The molecule has 0 saturated carbocycles. The zero-order chi connectivity index (χ0) is 12.0. The fourth-order valence-electron chi connectivity index (χ4n) is 1.42. The summed E-state index contributed by atoms with van der Waals surface area (Å²) in [7, 11) is 0. The summed E-state index contributed by atoms with van der Waals surface area (Å²) in [6.07, 6.45) is 4.31. The molecule has 0 fully saturated rings. The van der Waals surface area contributed by atoms with Crippen LogP contribution in [0.15, 0.2) is 10.7 Å². The molecule has 0 N–H and O–H groups in total. The van der Waals surface area contributed by atoms with E-state index in [0.717, 1.165) is 29.7 Å². The van der Waals surface area contributed by atoms with E-state index in [1.165, 1.54) is 6.42 Å². The van der Waals surface area contributed by atoms with Gasteiger partial charge in [0.1, 0.15) is 5.69 Å². The maximum absolute atomic E-state index is 5.55. The molecule has 1 aromatic heterocycles. The highest BCUT2D eigenvalue weighted by Gasteiger charge is 2.07. The summed E-state index contributed by atoms with van der Waals surface area (Å²) in [5.74, 6) is 0.612. The van der Waals surface area contributed by atoms with E-state index in [2.05, 4.69) is 41.8 Å². The van der Waals surface area contributed by atoms with Crippen molar-refractivity contribution in [2.24, 2.45) is 5.92 Å². The third-order valence-corrected chi connectivity index (χ3v) is 2.88. The van der Waals surface area contributed by atoms with Crippen LogP contribution < -0.4 is 0 Å². The van der Waals surface area contributed by atoms with E-state index < -0.39 is 0 Å². The molecule has 92 valence electrons. The van der Waals surface area contributed by atoms with E-state index in [1.807, 2.05) is 10.9 Å². The number of hydrogen-bond acceptors (Lipinski definition) is 2. The first-order chi connectivity index (χ1) is 7.63. The predicted molar refractivity (Wildman–Crippen MR) is 69.3 cm³/mol. The minimum absolute atomic E-state index is 0.603. The van der Waals surface area contributed by atoms with Crippen molar-refractivity contribution in [2.75, 3.05) is 6.61 Å². The van der Waals surface area contributed by atoms with Crippen LogP contribution in [-0.4, -0.2) is 16.4 Å². The van der Waals surface area contributed by atoms with Crippen LogP contribution >= 0.6 is 15.9 Å². The van der Waals surface area contributed by atoms with Gasteiger partial charge in [-0.15, -0.1) is 0 Å². The van der Waals surface area contributed by atoms with Gasteiger partial charge in [-0.1, -0.05) is 27.2 Å². The Kier molecular flexibility index (Phi) is 6.06. The highest BCUT2D eigenvalue weighted by Crippen LogP contribution is 2.16. The van der Waals surface area contributed by atoms with Crippen LogP contribution in [0.1, 0.15) is 39.3 Å². The lowest BCUT2D eigenvalue weighted by Gasteiger charge is -2.04. The van der Waals surface area contributed by atoms with Gasteiger partial charge in [-0.3, -0.25) is 4.68 Å². The van der Waals surface area contributed by atoms with Crippen molar-refractivity contribution in [1.82, 2.24) is 9.78 Å². The first-order valence-electron chi connectivity index (χ1n) is 5.93. The average Bonchev–Trinajstić information content (AvgIpc) is 2.53. The van der Waals surface area contributed by atoms with Crippen LogP contribution in [-0.2, 0) is 17.9 Å². The molecule has 3 nitrogen and oxygen atoms in total. The number of ether oxygens (including phenoxy) is 1. The Morgan fingerprint density at radius 1 is 1.50 bits per heavy atom. The SMILES string of the molecule is CCCCOCc1nn(CC(C)C)cc1Br. The first-order valence-corrected chi connectivity index (χ1v) is 6.72. The summed E-state index contributed by atoms with van der Waals surface area (Å²) in [6, 6.07) is 0. The monoisotopic (exact) mass is 288 g/mol. The van der Waals surface area contributed by atoms with Crippen molar-refractivity contribution >= 4 is 15.9 Å². The molecule has 0 atom stereocenters. The Morgan fingerprint density at radius 3 is 2.88 bits per heavy atom. The van der Waals surface area contributed by atoms with Gasteiger partial charge in [-0.05, 0) is 28.3 Å². The predicted octanol–water partition coefficient (Wildman–Crippen LogP) is 3.62. The van der Waals surface area contributed by atoms with E-state index in [9.17, 15) is 0 Å². The van der Waals surface area contributed by atoms with Gasteiger partial charge in [0, 0.05) is 19.3 Å². The van der Waals surface area contributed by atoms with Crippen LogP contribution in [0.25, 0.3) is 0 Å². The van der Waals surface area contributed by atoms with E-state index in [1.54, 1.807) is 0 Å². The van der Waals surface area contributed by atoms with Crippen molar-refractivity contribution < 1.29 is 4.74 Å². The molecule has 0 spiro atoms. The van der Waals surface area contributed by atoms with Gasteiger partial charge in [-0.2, -0.15) is 5.10 Å². The zero-order valence-corrected chi connectivity index (χ0v) is 12.0. The molecule has 1 heterocycles. The second kappa shape index (κ2) is 7.07. The van der Waals surface area contributed by atoms with Crippen molar-refractivity contribution in [1.29, 1.82) is 0 Å². The third-order valence-electron chi connectivity index (χ3n) is 2.22. The molecule has 0 aliphatic rings. The third kappa shape index (κ3) is 4.66. The summed E-state index contributed by atoms with van der Waals surface area (Å²) in [6.45, 7) is 8.91. The van der Waals surface area contributed by atoms with Crippen LogP contribution in [0.3, 0.4) is 0 Å². The lowest BCUT2D eigenvalue weighted by Crippen LogP contribution is -2.05. The lowest BCUT2D eigenvalue weighted by atomic mass is 10.2. The summed E-state index contributed by atoms with van der Waals surface area (Å²) < 4.78 is 8.58. The van der Waals surface area contributed by atoms with Crippen molar-refractivity contribution in [2.45, 2.75) is 46.8 Å². The lowest BCUT2D eigenvalue weighted by molar-refractivity contribution is 0.114. The molecule has 0 aliphatic carbocycles. The summed E-state index contributed by atoms with van der Waals surface area (Å²) in [4.78, 5) is 0. The van der Waals surface area contributed by atoms with Gasteiger partial charge in [-0.25, -0.2) is 0 Å². The van der Waals surface area contributed by atoms with Crippen LogP contribution in [0.2, 0.25) is 0 Å². The maximum atomic E-state index is 5.55. The topological polar surface area (TPSA) is 27.1 Å². The zero-order valence-electron chi connectivity index (χ0n) is 10.4. The number of nitrogens with zero attached hydrogens (tertiary/aromatic N) is 2. The second-order valence-electron chi connectivity index (χ2n) is 4.45. The number of unbranched alkanes of at least 4 members (excludes halogenated alkanes) is 1. The molecule has 16 heavy (non-hydrogen) atoms. The molecule has 0 radical (unpaired) electrons. The standard InChI is InChI=1S/C12H21BrN2O/c1-4-5-6-16-9-12-11(13)8-15(14-12)7-10(2)3/h8,10H,4-7,9H2,1-3H3. The number of halogens is 1. The molecule has 1 aromatic rings. The molecule has 0 amide bonds. The van der Waals surface area contributed by atoms with Crippen molar-refractivity contribution in [3.63, 3.8) is 0 Å². The van der Waals surface area contributed by atoms with Gasteiger partial charge in [0.15, 0.2) is 0 Å². The largest absolute Gasteiger partial charge is 0.375 e.